The van der Waals surface area contributed by atoms with Gasteiger partial charge < -0.3 is 4.89 Å². The normalized spacial score (nSPS) is 11.3. The van der Waals surface area contributed by atoms with Gasteiger partial charge in [-0.2, -0.15) is 15.3 Å². The molecule has 2 N–H and O–H groups in total. The lowest BCUT2D eigenvalue weighted by molar-refractivity contribution is -1.23. The topological polar surface area (TPSA) is 58.9 Å². The van der Waals surface area contributed by atoms with E-state index in [0.717, 1.165) is 0 Å². The second-order valence-electron chi connectivity index (χ2n) is 2.77. The highest BCUT2D eigenvalue weighted by atomic mass is 17.2. The molecule has 0 bridgehead atoms. The number of hydrogen-bond donors (Lipinski definition) is 2. The van der Waals surface area contributed by atoms with Crippen LogP contribution in [0.15, 0.2) is 12.3 Å². The van der Waals surface area contributed by atoms with Crippen molar-refractivity contribution in [3.63, 3.8) is 0 Å². The van der Waals surface area contributed by atoms with Crippen molar-refractivity contribution < 1.29 is 25.0 Å². The van der Waals surface area contributed by atoms with Gasteiger partial charge >= 0.3 is 0 Å². The highest BCUT2D eigenvalue weighted by Gasteiger charge is 2.12. The Bertz CT molecular complexity index is 141. The molecule has 0 saturated heterocycles. The quantitative estimate of drug-likeness (QED) is 0.210. The van der Waals surface area contributed by atoms with Crippen LogP contribution in [0, 0.1) is 0 Å². The third-order valence-electron chi connectivity index (χ3n) is 1.01. The smallest absolute Gasteiger partial charge is 0.144 e. The molecule has 0 aliphatic rings. The maximum Gasteiger partial charge on any atom is 0.144 e. The molecule has 0 amide bonds. The van der Waals surface area contributed by atoms with Crippen LogP contribution in [0.2, 0.25) is 0 Å². The summed E-state index contributed by atoms with van der Waals surface area (Å²) >= 11 is 0. The van der Waals surface area contributed by atoms with Crippen molar-refractivity contribution in [1.29, 1.82) is 0 Å². The summed E-state index contributed by atoms with van der Waals surface area (Å²) in [5.41, 5.74) is 0. The summed E-state index contributed by atoms with van der Waals surface area (Å²) in [6.07, 6.45) is 0.497. The van der Waals surface area contributed by atoms with E-state index >= 15 is 0 Å². The van der Waals surface area contributed by atoms with E-state index in [-0.39, 0.29) is 6.54 Å². The van der Waals surface area contributed by atoms with Gasteiger partial charge in [0.2, 0.25) is 0 Å². The van der Waals surface area contributed by atoms with Crippen LogP contribution >= 0.6 is 0 Å². The fourth-order valence-electron chi connectivity index (χ4n) is 0.565. The van der Waals surface area contributed by atoms with E-state index in [1.807, 2.05) is 0 Å². The van der Waals surface area contributed by atoms with Gasteiger partial charge in [0.1, 0.15) is 19.4 Å². The van der Waals surface area contributed by atoms with Crippen LogP contribution in [0.3, 0.4) is 0 Å². The van der Waals surface area contributed by atoms with E-state index in [1.165, 1.54) is 7.05 Å². The first kappa shape index (κ1) is 11.4. The van der Waals surface area contributed by atoms with E-state index in [2.05, 4.69) is 16.4 Å². The third kappa shape index (κ3) is 9.38. The summed E-state index contributed by atoms with van der Waals surface area (Å²) in [6.45, 7) is 5.62. The molecule has 72 valence electrons. The van der Waals surface area contributed by atoms with Crippen LogP contribution in [0.4, 0.5) is 0 Å². The lowest BCUT2D eigenvalue weighted by Crippen LogP contribution is -2.37. The largest absolute Gasteiger partial charge is 0.343 e. The van der Waals surface area contributed by atoms with E-state index in [1.54, 1.807) is 6.92 Å². The molecule has 0 unspecified atom stereocenters. The van der Waals surface area contributed by atoms with Crippen LogP contribution in [0.25, 0.3) is 0 Å². The highest BCUT2D eigenvalue weighted by molar-refractivity contribution is 4.70. The van der Waals surface area contributed by atoms with Crippen molar-refractivity contribution in [3.8, 4) is 0 Å². The third-order valence-corrected chi connectivity index (χ3v) is 1.01. The predicted molar refractivity (Wildman–Crippen MR) is 41.1 cm³/mol. The first-order chi connectivity index (χ1) is 5.42. The van der Waals surface area contributed by atoms with E-state index in [4.69, 9.17) is 10.4 Å². The number of nitrogens with zero attached hydrogens (tertiary/aromatic N) is 1. The number of quaternary nitrogens is 1. The van der Waals surface area contributed by atoms with Crippen LogP contribution in [0.1, 0.15) is 13.3 Å². The molecule has 0 spiro atoms. The number of rotatable bonds is 6. The fraction of sp³-hybridized carbons (Fsp3) is 0.714. The molecular weight excluding hydrogens is 162 g/mol. The molecule has 0 rings (SSSR count). The summed E-state index contributed by atoms with van der Waals surface area (Å²) in [4.78, 5) is 8.21. The molecule has 5 heteroatoms. The van der Waals surface area contributed by atoms with Crippen molar-refractivity contribution in [3.05, 3.63) is 12.3 Å². The van der Waals surface area contributed by atoms with E-state index < -0.39 is 4.81 Å². The Labute approximate surface area is 71.9 Å². The Morgan fingerprint density at radius 1 is 1.50 bits per heavy atom. The van der Waals surface area contributed by atoms with Crippen molar-refractivity contribution in [2.24, 2.45) is 0 Å². The number of hydrogen-bond acceptors (Lipinski definition) is 4. The fourth-order valence-corrected chi connectivity index (χ4v) is 0.565. The van der Waals surface area contributed by atoms with Gasteiger partial charge in [0.05, 0.1) is 6.61 Å². The van der Waals surface area contributed by atoms with Crippen LogP contribution < -0.4 is 0 Å². The van der Waals surface area contributed by atoms with E-state index in [0.29, 0.717) is 18.8 Å². The molecule has 0 heterocycles. The van der Waals surface area contributed by atoms with Crippen molar-refractivity contribution in [2.75, 3.05) is 20.2 Å². The summed E-state index contributed by atoms with van der Waals surface area (Å²) in [5, 5.41) is 17.6. The van der Waals surface area contributed by atoms with Gasteiger partial charge in [0, 0.05) is 6.42 Å². The summed E-state index contributed by atoms with van der Waals surface area (Å²) in [5.74, 6) is 0.472. The Kier molecular flexibility index (Phi) is 4.84. The molecule has 12 heavy (non-hydrogen) atoms. The zero-order valence-electron chi connectivity index (χ0n) is 7.49. The summed E-state index contributed by atoms with van der Waals surface area (Å²) < 4.78 is 0. The average Bonchev–Trinajstić information content (AvgIpc) is 1.83. The van der Waals surface area contributed by atoms with Crippen LogP contribution in [-0.2, 0) is 9.78 Å². The molecule has 0 aromatic heterocycles. The second kappa shape index (κ2) is 5.10. The van der Waals surface area contributed by atoms with Crippen molar-refractivity contribution >= 4 is 0 Å². The molecule has 0 fully saturated rings. The average molecular weight is 178 g/mol. The molecule has 0 aliphatic heterocycles. The first-order valence-electron chi connectivity index (χ1n) is 3.68. The molecule has 0 radical (unpaired) electrons. The minimum absolute atomic E-state index is 0.194. The summed E-state index contributed by atoms with van der Waals surface area (Å²) in [6, 6.07) is 0. The van der Waals surface area contributed by atoms with Gasteiger partial charge in [-0.15, -0.1) is 0 Å². The minimum atomic E-state index is -1.05. The zero-order chi connectivity index (χ0) is 9.61. The molecule has 0 aliphatic carbocycles. The second-order valence-corrected chi connectivity index (χ2v) is 2.77. The lowest BCUT2D eigenvalue weighted by Gasteiger charge is -2.14. The van der Waals surface area contributed by atoms with Crippen molar-refractivity contribution in [2.45, 2.75) is 13.3 Å². The Hall–Kier alpha value is -0.620. The molecule has 0 atom stereocenters. The van der Waals surface area contributed by atoms with Crippen LogP contribution in [0.5, 0.6) is 0 Å². The zero-order valence-corrected chi connectivity index (χ0v) is 7.49. The lowest BCUT2D eigenvalue weighted by atomic mass is 10.4. The number of allylic oxidation sites excluding steroid dienone is 1. The van der Waals surface area contributed by atoms with Gasteiger partial charge in [0.15, 0.2) is 0 Å². The van der Waals surface area contributed by atoms with Crippen LogP contribution in [-0.4, -0.2) is 35.4 Å². The Morgan fingerprint density at radius 3 is 2.50 bits per heavy atom. The molecule has 0 saturated carbocycles. The summed E-state index contributed by atoms with van der Waals surface area (Å²) in [7, 11) is 1.26. The highest BCUT2D eigenvalue weighted by Crippen LogP contribution is 1.96. The molecular formula is C7H16NO4+. The molecule has 5 nitrogen and oxygen atoms in total. The number of hydroxylamine groups is 4. The van der Waals surface area contributed by atoms with E-state index in [9.17, 15) is 0 Å². The first-order valence-corrected chi connectivity index (χ1v) is 3.68. The monoisotopic (exact) mass is 178 g/mol. The Balaban J connectivity index is 3.17. The SMILES string of the molecule is C=C(C)OOCCC[N+](C)(O)O. The van der Waals surface area contributed by atoms with Gasteiger partial charge in [-0.05, 0) is 6.92 Å². The van der Waals surface area contributed by atoms with Gasteiger partial charge in [-0.25, -0.2) is 0 Å². The molecule has 0 aromatic rings. The maximum atomic E-state index is 8.81. The molecule has 0 aromatic carbocycles. The van der Waals surface area contributed by atoms with Gasteiger partial charge in [0.25, 0.3) is 0 Å². The van der Waals surface area contributed by atoms with Gasteiger partial charge in [-0.3, -0.25) is 0 Å². The standard InChI is InChI=1S/C7H16NO4/c1-7(2)12-11-6-4-5-8(3,9)10/h9-10H,1,4-6H2,2-3H3/q+1. The minimum Gasteiger partial charge on any atom is -0.343 e. The Morgan fingerprint density at radius 2 is 2.08 bits per heavy atom. The maximum absolute atomic E-state index is 8.81. The van der Waals surface area contributed by atoms with Crippen molar-refractivity contribution in [1.82, 2.24) is 0 Å². The van der Waals surface area contributed by atoms with Gasteiger partial charge in [-0.1, -0.05) is 11.4 Å². The predicted octanol–water partition coefficient (Wildman–Crippen LogP) is 1.08.